The van der Waals surface area contributed by atoms with E-state index in [-0.39, 0.29) is 18.2 Å². The summed E-state index contributed by atoms with van der Waals surface area (Å²) >= 11 is 0. The molecule has 2 aromatic carbocycles. The summed E-state index contributed by atoms with van der Waals surface area (Å²) in [5.74, 6) is -0.513. The third kappa shape index (κ3) is 6.37. The number of carbonyl (C=O) groups excluding carboxylic acids is 2. The van der Waals surface area contributed by atoms with Gasteiger partial charge in [-0.3, -0.25) is 9.59 Å². The molecule has 0 bridgehead atoms. The Kier molecular flexibility index (Phi) is 8.17. The Labute approximate surface area is 183 Å². The minimum Gasteiger partial charge on any atom is -0.393 e. The summed E-state index contributed by atoms with van der Waals surface area (Å²) in [7, 11) is 0. The molecular formula is C24H32N4O3. The van der Waals surface area contributed by atoms with E-state index in [0.29, 0.717) is 38.9 Å². The number of hydrogen-bond acceptors (Lipinski definition) is 5. The third-order valence-corrected chi connectivity index (χ3v) is 5.79. The SMILES string of the molecule is NCc1ccc(CNC(=O)C2CC(O)CCN2C(=O)C(N)CCc2ccccc2)cc1. The van der Waals surface area contributed by atoms with E-state index in [1.165, 1.54) is 4.90 Å². The Morgan fingerprint density at radius 3 is 2.42 bits per heavy atom. The molecule has 0 radical (unpaired) electrons. The maximum atomic E-state index is 13.0. The lowest BCUT2D eigenvalue weighted by Gasteiger charge is -2.38. The molecule has 1 aliphatic rings. The molecule has 166 valence electrons. The number of amides is 2. The van der Waals surface area contributed by atoms with Gasteiger partial charge in [0.1, 0.15) is 6.04 Å². The molecule has 1 fully saturated rings. The largest absolute Gasteiger partial charge is 0.393 e. The van der Waals surface area contributed by atoms with Crippen molar-refractivity contribution in [2.75, 3.05) is 6.54 Å². The third-order valence-electron chi connectivity index (χ3n) is 5.79. The number of aliphatic hydroxyl groups is 1. The normalized spacial score (nSPS) is 19.6. The van der Waals surface area contributed by atoms with Crippen molar-refractivity contribution in [3.63, 3.8) is 0 Å². The van der Waals surface area contributed by atoms with Crippen molar-refractivity contribution in [1.29, 1.82) is 0 Å². The molecule has 31 heavy (non-hydrogen) atoms. The summed E-state index contributed by atoms with van der Waals surface area (Å²) in [5.41, 5.74) is 14.9. The number of nitrogens with one attached hydrogen (secondary N) is 1. The van der Waals surface area contributed by atoms with Gasteiger partial charge in [0, 0.05) is 26.1 Å². The van der Waals surface area contributed by atoms with Crippen LogP contribution in [0.2, 0.25) is 0 Å². The van der Waals surface area contributed by atoms with Crippen LogP contribution in [0, 0.1) is 0 Å². The van der Waals surface area contributed by atoms with Gasteiger partial charge in [0.25, 0.3) is 0 Å². The number of piperidine rings is 1. The average molecular weight is 425 g/mol. The van der Waals surface area contributed by atoms with Crippen molar-refractivity contribution in [3.8, 4) is 0 Å². The van der Waals surface area contributed by atoms with Gasteiger partial charge >= 0.3 is 0 Å². The molecule has 0 aromatic heterocycles. The van der Waals surface area contributed by atoms with Gasteiger partial charge in [0.15, 0.2) is 0 Å². The van der Waals surface area contributed by atoms with Crippen LogP contribution in [0.3, 0.4) is 0 Å². The van der Waals surface area contributed by atoms with Crippen LogP contribution in [0.15, 0.2) is 54.6 Å². The summed E-state index contributed by atoms with van der Waals surface area (Å²) in [4.78, 5) is 27.4. The van der Waals surface area contributed by atoms with E-state index in [1.54, 1.807) is 0 Å². The van der Waals surface area contributed by atoms with Crippen molar-refractivity contribution >= 4 is 11.8 Å². The van der Waals surface area contributed by atoms with Crippen LogP contribution in [0.1, 0.15) is 36.0 Å². The Balaban J connectivity index is 1.59. The number of aliphatic hydroxyl groups excluding tert-OH is 1. The molecule has 2 aromatic rings. The fourth-order valence-corrected chi connectivity index (χ4v) is 3.86. The maximum absolute atomic E-state index is 13.0. The standard InChI is InChI=1S/C24H32N4O3/c25-15-18-6-8-19(9-7-18)16-27-23(30)22-14-20(29)12-13-28(22)24(31)21(26)11-10-17-4-2-1-3-5-17/h1-9,20-22,29H,10-16,25-26H2,(H,27,30). The highest BCUT2D eigenvalue weighted by Crippen LogP contribution is 2.20. The van der Waals surface area contributed by atoms with Crippen LogP contribution in [-0.4, -0.2) is 46.6 Å². The van der Waals surface area contributed by atoms with E-state index in [0.717, 1.165) is 16.7 Å². The highest BCUT2D eigenvalue weighted by atomic mass is 16.3. The average Bonchev–Trinajstić information content (AvgIpc) is 2.81. The van der Waals surface area contributed by atoms with Gasteiger partial charge in [-0.15, -0.1) is 0 Å². The van der Waals surface area contributed by atoms with Gasteiger partial charge in [-0.05, 0) is 36.0 Å². The Morgan fingerprint density at radius 1 is 1.06 bits per heavy atom. The van der Waals surface area contributed by atoms with E-state index >= 15 is 0 Å². The zero-order valence-electron chi connectivity index (χ0n) is 17.7. The first-order valence-corrected chi connectivity index (χ1v) is 10.8. The molecule has 7 heteroatoms. The molecule has 3 unspecified atom stereocenters. The molecule has 3 rings (SSSR count). The molecule has 1 heterocycles. The van der Waals surface area contributed by atoms with Crippen molar-refractivity contribution in [1.82, 2.24) is 10.2 Å². The van der Waals surface area contributed by atoms with Gasteiger partial charge in [0.2, 0.25) is 11.8 Å². The summed E-state index contributed by atoms with van der Waals surface area (Å²) in [5, 5.41) is 13.0. The van der Waals surface area contributed by atoms with Gasteiger partial charge in [-0.25, -0.2) is 0 Å². The topological polar surface area (TPSA) is 122 Å². The van der Waals surface area contributed by atoms with E-state index in [1.807, 2.05) is 54.6 Å². The second kappa shape index (κ2) is 11.0. The van der Waals surface area contributed by atoms with Crippen molar-refractivity contribution in [2.45, 2.75) is 57.0 Å². The van der Waals surface area contributed by atoms with Crippen LogP contribution in [-0.2, 0) is 29.1 Å². The molecule has 1 saturated heterocycles. The number of aryl methyl sites for hydroxylation is 1. The Bertz CT molecular complexity index is 857. The second-order valence-electron chi connectivity index (χ2n) is 8.09. The Morgan fingerprint density at radius 2 is 1.74 bits per heavy atom. The first-order valence-electron chi connectivity index (χ1n) is 10.8. The quantitative estimate of drug-likeness (QED) is 0.505. The van der Waals surface area contributed by atoms with E-state index in [9.17, 15) is 14.7 Å². The van der Waals surface area contributed by atoms with Gasteiger partial charge in [0.05, 0.1) is 12.1 Å². The first kappa shape index (κ1) is 22.9. The zero-order valence-corrected chi connectivity index (χ0v) is 17.7. The van der Waals surface area contributed by atoms with Crippen molar-refractivity contribution in [3.05, 3.63) is 71.3 Å². The predicted molar refractivity (Wildman–Crippen MR) is 120 cm³/mol. The smallest absolute Gasteiger partial charge is 0.243 e. The summed E-state index contributed by atoms with van der Waals surface area (Å²) in [6.07, 6.45) is 1.25. The van der Waals surface area contributed by atoms with E-state index in [4.69, 9.17) is 11.5 Å². The minimum atomic E-state index is -0.720. The molecule has 2 amide bonds. The molecular weight excluding hydrogens is 392 g/mol. The van der Waals surface area contributed by atoms with Crippen molar-refractivity contribution < 1.29 is 14.7 Å². The summed E-state index contributed by atoms with van der Waals surface area (Å²) in [6, 6.07) is 16.1. The lowest BCUT2D eigenvalue weighted by Crippen LogP contribution is -2.58. The lowest BCUT2D eigenvalue weighted by atomic mass is 9.96. The second-order valence-corrected chi connectivity index (χ2v) is 8.09. The zero-order chi connectivity index (χ0) is 22.2. The Hall–Kier alpha value is -2.74. The molecule has 0 aliphatic carbocycles. The fraction of sp³-hybridized carbons (Fsp3) is 0.417. The van der Waals surface area contributed by atoms with Crippen LogP contribution >= 0.6 is 0 Å². The number of rotatable bonds is 8. The van der Waals surface area contributed by atoms with Crippen molar-refractivity contribution in [2.24, 2.45) is 11.5 Å². The predicted octanol–water partition coefficient (Wildman–Crippen LogP) is 1.07. The monoisotopic (exact) mass is 424 g/mol. The summed E-state index contributed by atoms with van der Waals surface area (Å²) < 4.78 is 0. The van der Waals surface area contributed by atoms with Gasteiger partial charge < -0.3 is 26.8 Å². The highest BCUT2D eigenvalue weighted by Gasteiger charge is 2.37. The molecule has 0 saturated carbocycles. The maximum Gasteiger partial charge on any atom is 0.243 e. The van der Waals surface area contributed by atoms with Crippen LogP contribution in [0.4, 0.5) is 0 Å². The highest BCUT2D eigenvalue weighted by molar-refractivity contribution is 5.90. The fourth-order valence-electron chi connectivity index (χ4n) is 3.86. The van der Waals surface area contributed by atoms with E-state index in [2.05, 4.69) is 5.32 Å². The molecule has 6 N–H and O–H groups in total. The molecule has 3 atom stereocenters. The number of carbonyl (C=O) groups is 2. The van der Waals surface area contributed by atoms with Crippen LogP contribution in [0.25, 0.3) is 0 Å². The molecule has 1 aliphatic heterocycles. The number of benzene rings is 2. The number of nitrogens with two attached hydrogens (primary N) is 2. The number of likely N-dealkylation sites (tertiary alicyclic amines) is 1. The lowest BCUT2D eigenvalue weighted by molar-refractivity contribution is -0.145. The van der Waals surface area contributed by atoms with Gasteiger partial charge in [-0.1, -0.05) is 54.6 Å². The number of nitrogens with zero attached hydrogens (tertiary/aromatic N) is 1. The summed E-state index contributed by atoms with van der Waals surface area (Å²) in [6.45, 7) is 1.13. The molecule has 0 spiro atoms. The van der Waals surface area contributed by atoms with Crippen LogP contribution in [0.5, 0.6) is 0 Å². The van der Waals surface area contributed by atoms with Crippen LogP contribution < -0.4 is 16.8 Å². The minimum absolute atomic E-state index is 0.217. The first-order chi connectivity index (χ1) is 15.0. The number of hydrogen-bond donors (Lipinski definition) is 4. The van der Waals surface area contributed by atoms with E-state index < -0.39 is 18.2 Å². The van der Waals surface area contributed by atoms with Gasteiger partial charge in [-0.2, -0.15) is 0 Å². The molecule has 7 nitrogen and oxygen atoms in total.